The van der Waals surface area contributed by atoms with Crippen molar-refractivity contribution in [3.63, 3.8) is 0 Å². The average molecular weight is 377 g/mol. The van der Waals surface area contributed by atoms with Gasteiger partial charge in [0.05, 0.1) is 11.2 Å². The van der Waals surface area contributed by atoms with Crippen LogP contribution in [-0.2, 0) is 9.53 Å². The fraction of sp³-hybridized carbons (Fsp3) is 0.227. The van der Waals surface area contributed by atoms with Crippen LogP contribution in [0.15, 0.2) is 66.9 Å². The van der Waals surface area contributed by atoms with E-state index in [2.05, 4.69) is 15.6 Å². The van der Waals surface area contributed by atoms with Crippen LogP contribution in [0.4, 0.5) is 10.5 Å². The summed E-state index contributed by atoms with van der Waals surface area (Å²) in [5, 5.41) is 6.41. The molecule has 0 saturated carbocycles. The molecular formula is C22H23N3O3. The molecule has 0 unspecified atom stereocenters. The summed E-state index contributed by atoms with van der Waals surface area (Å²) < 4.78 is 5.48. The third kappa shape index (κ3) is 4.85. The largest absolute Gasteiger partial charge is 0.458 e. The van der Waals surface area contributed by atoms with E-state index in [0.717, 1.165) is 5.39 Å². The first-order valence-corrected chi connectivity index (χ1v) is 9.02. The fourth-order valence-corrected chi connectivity index (χ4v) is 2.78. The second-order valence-corrected chi connectivity index (χ2v) is 7.36. The molecule has 2 N–H and O–H groups in total. The first-order valence-electron chi connectivity index (χ1n) is 9.02. The molecular weight excluding hydrogens is 354 g/mol. The van der Waals surface area contributed by atoms with E-state index in [1.54, 1.807) is 57.3 Å². The molecule has 144 valence electrons. The van der Waals surface area contributed by atoms with E-state index in [4.69, 9.17) is 4.74 Å². The Morgan fingerprint density at radius 1 is 0.964 bits per heavy atom. The van der Waals surface area contributed by atoms with Gasteiger partial charge in [-0.1, -0.05) is 48.5 Å². The van der Waals surface area contributed by atoms with Crippen molar-refractivity contribution in [2.75, 3.05) is 5.32 Å². The van der Waals surface area contributed by atoms with Crippen LogP contribution in [0.1, 0.15) is 32.4 Å². The van der Waals surface area contributed by atoms with Crippen molar-refractivity contribution in [3.05, 3.63) is 72.4 Å². The number of urea groups is 1. The van der Waals surface area contributed by atoms with E-state index in [9.17, 15) is 9.59 Å². The molecule has 6 heteroatoms. The topological polar surface area (TPSA) is 80.3 Å². The number of nitrogens with zero attached hydrogens (tertiary/aromatic N) is 1. The van der Waals surface area contributed by atoms with Crippen LogP contribution in [0, 0.1) is 0 Å². The Morgan fingerprint density at radius 2 is 1.68 bits per heavy atom. The van der Waals surface area contributed by atoms with Crippen molar-refractivity contribution in [3.8, 4) is 0 Å². The molecule has 1 aromatic heterocycles. The third-order valence-electron chi connectivity index (χ3n) is 3.93. The van der Waals surface area contributed by atoms with Crippen LogP contribution in [-0.4, -0.2) is 22.6 Å². The van der Waals surface area contributed by atoms with Gasteiger partial charge in [0.25, 0.3) is 0 Å². The number of esters is 1. The van der Waals surface area contributed by atoms with Gasteiger partial charge in [-0.25, -0.2) is 9.59 Å². The first-order chi connectivity index (χ1) is 13.3. The summed E-state index contributed by atoms with van der Waals surface area (Å²) in [5.41, 5.74) is 1.21. The second-order valence-electron chi connectivity index (χ2n) is 7.36. The fourth-order valence-electron chi connectivity index (χ4n) is 2.78. The highest BCUT2D eigenvalue weighted by atomic mass is 16.6. The maximum atomic E-state index is 12.7. The van der Waals surface area contributed by atoms with Gasteiger partial charge in [0.1, 0.15) is 5.60 Å². The summed E-state index contributed by atoms with van der Waals surface area (Å²) in [6.45, 7) is 5.36. The normalized spacial score (nSPS) is 12.2. The standard InChI is InChI=1S/C22H23N3O3/c1-22(2,3)28-20(26)19(16-9-5-4-6-10-16)25-21(27)24-17-13-7-11-15-12-8-14-23-18(15)17/h4-14,19H,1-3H3,(H2,24,25,27)/t19-/m0/s1. The number of carbonyl (C=O) groups is 2. The van der Waals surface area contributed by atoms with Gasteiger partial charge in [-0.2, -0.15) is 0 Å². The van der Waals surface area contributed by atoms with Crippen molar-refractivity contribution in [2.24, 2.45) is 0 Å². The van der Waals surface area contributed by atoms with E-state index in [1.165, 1.54) is 0 Å². The second kappa shape index (κ2) is 8.08. The zero-order valence-corrected chi connectivity index (χ0v) is 16.1. The van der Waals surface area contributed by atoms with Crippen LogP contribution >= 0.6 is 0 Å². The predicted octanol–water partition coefficient (Wildman–Crippen LogP) is 4.44. The quantitative estimate of drug-likeness (QED) is 0.659. The number of hydrogen-bond acceptors (Lipinski definition) is 4. The summed E-state index contributed by atoms with van der Waals surface area (Å²) in [6, 6.07) is 16.8. The summed E-state index contributed by atoms with van der Waals surface area (Å²) in [4.78, 5) is 29.7. The molecule has 0 aliphatic carbocycles. The third-order valence-corrected chi connectivity index (χ3v) is 3.93. The molecule has 3 rings (SSSR count). The molecule has 3 aromatic rings. The van der Waals surface area contributed by atoms with E-state index < -0.39 is 23.6 Å². The Kier molecular flexibility index (Phi) is 5.59. The van der Waals surface area contributed by atoms with Gasteiger partial charge in [-0.05, 0) is 38.5 Å². The number of amides is 2. The monoisotopic (exact) mass is 377 g/mol. The Balaban J connectivity index is 1.82. The van der Waals surface area contributed by atoms with Crippen LogP contribution in [0.3, 0.4) is 0 Å². The van der Waals surface area contributed by atoms with Crippen LogP contribution < -0.4 is 10.6 Å². The lowest BCUT2D eigenvalue weighted by molar-refractivity contribution is -0.157. The molecule has 0 aliphatic heterocycles. The molecule has 0 radical (unpaired) electrons. The number of carbonyl (C=O) groups excluding carboxylic acids is 2. The van der Waals surface area contributed by atoms with Gasteiger partial charge in [0.2, 0.25) is 0 Å². The minimum Gasteiger partial charge on any atom is -0.458 e. The first kappa shape index (κ1) is 19.4. The highest BCUT2D eigenvalue weighted by Crippen LogP contribution is 2.22. The van der Waals surface area contributed by atoms with E-state index >= 15 is 0 Å². The molecule has 0 aliphatic rings. The molecule has 0 fully saturated rings. The molecule has 0 saturated heterocycles. The summed E-state index contributed by atoms with van der Waals surface area (Å²) in [6.07, 6.45) is 1.67. The number of aromatic nitrogens is 1. The molecule has 2 aromatic carbocycles. The van der Waals surface area contributed by atoms with E-state index in [0.29, 0.717) is 16.8 Å². The molecule has 1 heterocycles. The van der Waals surface area contributed by atoms with Crippen molar-refractivity contribution in [2.45, 2.75) is 32.4 Å². The van der Waals surface area contributed by atoms with Crippen molar-refractivity contribution >= 4 is 28.6 Å². The maximum Gasteiger partial charge on any atom is 0.333 e. The summed E-state index contributed by atoms with van der Waals surface area (Å²) in [7, 11) is 0. The van der Waals surface area contributed by atoms with Gasteiger partial charge in [-0.15, -0.1) is 0 Å². The zero-order chi connectivity index (χ0) is 20.1. The number of para-hydroxylation sites is 1. The molecule has 1 atom stereocenters. The van der Waals surface area contributed by atoms with E-state index in [1.807, 2.05) is 30.3 Å². The summed E-state index contributed by atoms with van der Waals surface area (Å²) in [5.74, 6) is -0.523. The number of nitrogens with one attached hydrogen (secondary N) is 2. The van der Waals surface area contributed by atoms with Gasteiger partial charge in [-0.3, -0.25) is 4.98 Å². The number of benzene rings is 2. The van der Waals surface area contributed by atoms with Gasteiger partial charge in [0, 0.05) is 11.6 Å². The highest BCUT2D eigenvalue weighted by molar-refractivity contribution is 6.00. The minimum atomic E-state index is -0.927. The number of anilines is 1. The van der Waals surface area contributed by atoms with Crippen molar-refractivity contribution in [1.82, 2.24) is 10.3 Å². The molecule has 2 amide bonds. The smallest absolute Gasteiger partial charge is 0.333 e. The predicted molar refractivity (Wildman–Crippen MR) is 109 cm³/mol. The van der Waals surface area contributed by atoms with Crippen LogP contribution in [0.25, 0.3) is 10.9 Å². The van der Waals surface area contributed by atoms with Crippen molar-refractivity contribution in [1.29, 1.82) is 0 Å². The van der Waals surface area contributed by atoms with Crippen LogP contribution in [0.5, 0.6) is 0 Å². The molecule has 6 nitrogen and oxygen atoms in total. The molecule has 0 spiro atoms. The Hall–Kier alpha value is -3.41. The van der Waals surface area contributed by atoms with Gasteiger partial charge >= 0.3 is 12.0 Å². The minimum absolute atomic E-state index is 0.516. The Morgan fingerprint density at radius 3 is 2.39 bits per heavy atom. The van der Waals surface area contributed by atoms with Gasteiger partial charge < -0.3 is 15.4 Å². The SMILES string of the molecule is CC(C)(C)OC(=O)[C@@H](NC(=O)Nc1cccc2cccnc12)c1ccccc1. The number of fused-ring (bicyclic) bond motifs is 1. The lowest BCUT2D eigenvalue weighted by atomic mass is 10.1. The number of pyridine rings is 1. The number of ether oxygens (including phenoxy) is 1. The van der Waals surface area contributed by atoms with Crippen molar-refractivity contribution < 1.29 is 14.3 Å². The Labute approximate surface area is 163 Å². The maximum absolute atomic E-state index is 12.7. The summed E-state index contributed by atoms with van der Waals surface area (Å²) >= 11 is 0. The van der Waals surface area contributed by atoms with E-state index in [-0.39, 0.29) is 0 Å². The number of hydrogen-bond donors (Lipinski definition) is 2. The Bertz CT molecular complexity index is 976. The number of rotatable bonds is 4. The highest BCUT2D eigenvalue weighted by Gasteiger charge is 2.28. The van der Waals surface area contributed by atoms with Gasteiger partial charge in [0.15, 0.2) is 6.04 Å². The molecule has 0 bridgehead atoms. The molecule has 28 heavy (non-hydrogen) atoms. The zero-order valence-electron chi connectivity index (χ0n) is 16.1. The lowest BCUT2D eigenvalue weighted by Gasteiger charge is -2.25. The lowest BCUT2D eigenvalue weighted by Crippen LogP contribution is -2.40. The average Bonchev–Trinajstić information content (AvgIpc) is 2.66. The van der Waals surface area contributed by atoms with Crippen LogP contribution in [0.2, 0.25) is 0 Å².